The van der Waals surface area contributed by atoms with E-state index in [0.29, 0.717) is 16.4 Å². The number of hydrogen-bond acceptors (Lipinski definition) is 5. The van der Waals surface area contributed by atoms with E-state index in [1.54, 1.807) is 25.1 Å². The van der Waals surface area contributed by atoms with Crippen molar-refractivity contribution in [2.45, 2.75) is 13.0 Å². The number of aromatic nitrogens is 4. The van der Waals surface area contributed by atoms with Gasteiger partial charge < -0.3 is 10.6 Å². The minimum Gasteiger partial charge on any atom is -0.345 e. The van der Waals surface area contributed by atoms with Crippen LogP contribution in [0.1, 0.15) is 29.1 Å². The van der Waals surface area contributed by atoms with Crippen molar-refractivity contribution in [3.8, 4) is 0 Å². The van der Waals surface area contributed by atoms with Crippen molar-refractivity contribution < 1.29 is 9.59 Å². The highest BCUT2D eigenvalue weighted by atomic mass is 35.5. The topological polar surface area (TPSA) is 113 Å². The Bertz CT molecular complexity index is 630. The van der Waals surface area contributed by atoms with Crippen LogP contribution in [0.2, 0.25) is 5.02 Å². The normalized spacial score (nSPS) is 11.7. The van der Waals surface area contributed by atoms with Crippen LogP contribution in [0.25, 0.3) is 0 Å². The number of nitrogens with one attached hydrogen (secondary N) is 3. The van der Waals surface area contributed by atoms with Gasteiger partial charge in [-0.05, 0) is 25.1 Å². The molecule has 0 aliphatic rings. The highest BCUT2D eigenvalue weighted by Gasteiger charge is 2.14. The lowest BCUT2D eigenvalue weighted by Gasteiger charge is -2.10. The summed E-state index contributed by atoms with van der Waals surface area (Å²) in [6.45, 7) is 1.55. The molecule has 0 bridgehead atoms. The van der Waals surface area contributed by atoms with Crippen LogP contribution in [0.5, 0.6) is 0 Å². The Labute approximate surface area is 125 Å². The van der Waals surface area contributed by atoms with Crippen molar-refractivity contribution in [3.63, 3.8) is 0 Å². The molecule has 0 spiro atoms. The van der Waals surface area contributed by atoms with E-state index < -0.39 is 6.04 Å². The maximum atomic E-state index is 11.8. The zero-order chi connectivity index (χ0) is 15.2. The van der Waals surface area contributed by atoms with Gasteiger partial charge in [-0.1, -0.05) is 22.9 Å². The summed E-state index contributed by atoms with van der Waals surface area (Å²) in [4.78, 5) is 23.5. The van der Waals surface area contributed by atoms with Crippen molar-refractivity contribution in [1.82, 2.24) is 31.3 Å². The molecule has 0 fully saturated rings. The summed E-state index contributed by atoms with van der Waals surface area (Å²) >= 11 is 5.80. The van der Waals surface area contributed by atoms with Crippen LogP contribution in [-0.2, 0) is 4.79 Å². The molecule has 9 heteroatoms. The molecule has 2 amide bonds. The van der Waals surface area contributed by atoms with E-state index in [-0.39, 0.29) is 18.4 Å². The molecular weight excluding hydrogens is 296 g/mol. The minimum absolute atomic E-state index is 0.159. The molecule has 1 aromatic carbocycles. The first-order valence-electron chi connectivity index (χ1n) is 6.12. The van der Waals surface area contributed by atoms with Crippen LogP contribution in [0.15, 0.2) is 24.3 Å². The molecule has 8 nitrogen and oxygen atoms in total. The van der Waals surface area contributed by atoms with Gasteiger partial charge >= 0.3 is 0 Å². The third-order valence-electron chi connectivity index (χ3n) is 2.62. The molecule has 0 saturated heterocycles. The first kappa shape index (κ1) is 14.9. The molecule has 2 aromatic rings. The Morgan fingerprint density at radius 1 is 1.43 bits per heavy atom. The maximum absolute atomic E-state index is 11.8. The lowest BCUT2D eigenvalue weighted by Crippen LogP contribution is -2.38. The molecule has 1 atom stereocenters. The highest BCUT2D eigenvalue weighted by Crippen LogP contribution is 2.10. The summed E-state index contributed by atoms with van der Waals surface area (Å²) in [5, 5.41) is 18.8. The number of benzene rings is 1. The van der Waals surface area contributed by atoms with Gasteiger partial charge in [-0.2, -0.15) is 5.21 Å². The summed E-state index contributed by atoms with van der Waals surface area (Å²) in [7, 11) is 0. The summed E-state index contributed by atoms with van der Waals surface area (Å²) in [6.07, 6.45) is 0. The summed E-state index contributed by atoms with van der Waals surface area (Å²) in [6, 6.07) is 6.06. The predicted octanol–water partition coefficient (Wildman–Crippen LogP) is 0.460. The van der Waals surface area contributed by atoms with Crippen LogP contribution < -0.4 is 10.6 Å². The number of H-pyrrole nitrogens is 1. The Kier molecular flexibility index (Phi) is 4.83. The maximum Gasteiger partial charge on any atom is 0.251 e. The second-order valence-corrected chi connectivity index (χ2v) is 4.69. The molecule has 0 saturated carbocycles. The van der Waals surface area contributed by atoms with Gasteiger partial charge in [0.25, 0.3) is 5.91 Å². The second kappa shape index (κ2) is 6.80. The molecule has 0 radical (unpaired) electrons. The third-order valence-corrected chi connectivity index (χ3v) is 2.86. The molecule has 1 aromatic heterocycles. The van der Waals surface area contributed by atoms with Crippen molar-refractivity contribution in [2.75, 3.05) is 6.54 Å². The number of nitrogens with zero attached hydrogens (tertiary/aromatic N) is 3. The number of aromatic amines is 1. The van der Waals surface area contributed by atoms with Gasteiger partial charge in [0.1, 0.15) is 0 Å². The van der Waals surface area contributed by atoms with E-state index in [1.165, 1.54) is 6.07 Å². The van der Waals surface area contributed by atoms with Crippen LogP contribution in [0.4, 0.5) is 0 Å². The molecule has 1 heterocycles. The Hall–Kier alpha value is -2.48. The number of hydrogen-bond donors (Lipinski definition) is 3. The summed E-state index contributed by atoms with van der Waals surface area (Å²) in [5.41, 5.74) is 0.390. The van der Waals surface area contributed by atoms with Gasteiger partial charge in [-0.25, -0.2) is 0 Å². The fourth-order valence-corrected chi connectivity index (χ4v) is 1.79. The largest absolute Gasteiger partial charge is 0.345 e. The number of tetrazole rings is 1. The van der Waals surface area contributed by atoms with Gasteiger partial charge in [0, 0.05) is 10.6 Å². The molecule has 1 unspecified atom stereocenters. The average Bonchev–Trinajstić information content (AvgIpc) is 2.99. The number of carbonyl (C=O) groups is 2. The first-order valence-corrected chi connectivity index (χ1v) is 6.50. The third kappa shape index (κ3) is 4.25. The van der Waals surface area contributed by atoms with E-state index in [1.807, 2.05) is 0 Å². The second-order valence-electron chi connectivity index (χ2n) is 4.25. The molecule has 110 valence electrons. The fraction of sp³-hybridized carbons (Fsp3) is 0.250. The lowest BCUT2D eigenvalue weighted by molar-refractivity contribution is -0.120. The lowest BCUT2D eigenvalue weighted by atomic mass is 10.2. The Morgan fingerprint density at radius 2 is 2.24 bits per heavy atom. The molecular formula is C12H13ClN6O2. The smallest absolute Gasteiger partial charge is 0.251 e. The predicted molar refractivity (Wildman–Crippen MR) is 74.5 cm³/mol. The average molecular weight is 309 g/mol. The molecule has 21 heavy (non-hydrogen) atoms. The van der Waals surface area contributed by atoms with Crippen LogP contribution in [0.3, 0.4) is 0 Å². The zero-order valence-corrected chi connectivity index (χ0v) is 11.9. The van der Waals surface area contributed by atoms with Crippen molar-refractivity contribution >= 4 is 23.4 Å². The van der Waals surface area contributed by atoms with Gasteiger partial charge in [0.15, 0.2) is 5.82 Å². The van der Waals surface area contributed by atoms with E-state index in [9.17, 15) is 9.59 Å². The van der Waals surface area contributed by atoms with Crippen molar-refractivity contribution in [2.24, 2.45) is 0 Å². The SMILES string of the molecule is CC(NC(=O)CNC(=O)c1cccc(Cl)c1)c1nn[nH]n1. The summed E-state index contributed by atoms with van der Waals surface area (Å²) < 4.78 is 0. The van der Waals surface area contributed by atoms with Crippen LogP contribution in [0, 0.1) is 0 Å². The molecule has 3 N–H and O–H groups in total. The number of amides is 2. The monoisotopic (exact) mass is 308 g/mol. The molecule has 0 aliphatic heterocycles. The molecule has 2 rings (SSSR count). The fourth-order valence-electron chi connectivity index (χ4n) is 1.60. The number of carbonyl (C=O) groups excluding carboxylic acids is 2. The van der Waals surface area contributed by atoms with Gasteiger partial charge in [0.2, 0.25) is 5.91 Å². The van der Waals surface area contributed by atoms with Gasteiger partial charge in [0.05, 0.1) is 12.6 Å². The first-order chi connectivity index (χ1) is 10.1. The summed E-state index contributed by atoms with van der Waals surface area (Å²) in [5.74, 6) is -0.368. The van der Waals surface area contributed by atoms with E-state index in [4.69, 9.17) is 11.6 Å². The van der Waals surface area contributed by atoms with E-state index in [2.05, 4.69) is 31.3 Å². The number of rotatable bonds is 5. The quantitative estimate of drug-likeness (QED) is 0.742. The van der Waals surface area contributed by atoms with E-state index >= 15 is 0 Å². The molecule has 0 aliphatic carbocycles. The van der Waals surface area contributed by atoms with Gasteiger partial charge in [-0.15, -0.1) is 10.2 Å². The Balaban J connectivity index is 1.82. The van der Waals surface area contributed by atoms with Gasteiger partial charge in [-0.3, -0.25) is 9.59 Å². The Morgan fingerprint density at radius 3 is 2.90 bits per heavy atom. The highest BCUT2D eigenvalue weighted by molar-refractivity contribution is 6.30. The zero-order valence-electron chi connectivity index (χ0n) is 11.1. The number of halogens is 1. The van der Waals surface area contributed by atoms with E-state index in [0.717, 1.165) is 0 Å². The van der Waals surface area contributed by atoms with Crippen molar-refractivity contribution in [1.29, 1.82) is 0 Å². The van der Waals surface area contributed by atoms with Crippen LogP contribution >= 0.6 is 11.6 Å². The minimum atomic E-state index is -0.403. The van der Waals surface area contributed by atoms with Crippen LogP contribution in [-0.4, -0.2) is 39.0 Å². The van der Waals surface area contributed by atoms with Crippen molar-refractivity contribution in [3.05, 3.63) is 40.7 Å². The standard InChI is InChI=1S/C12H13ClN6O2/c1-7(11-16-18-19-17-11)15-10(20)6-14-12(21)8-3-2-4-9(13)5-8/h2-5,7H,6H2,1H3,(H,14,21)(H,15,20)(H,16,17,18,19).